The lowest BCUT2D eigenvalue weighted by Crippen LogP contribution is -2.34. The fourth-order valence-electron chi connectivity index (χ4n) is 2.79. The van der Waals surface area contributed by atoms with E-state index in [2.05, 4.69) is 10.4 Å². The second kappa shape index (κ2) is 9.60. The van der Waals surface area contributed by atoms with Crippen LogP contribution in [0.25, 0.3) is 11.1 Å². The van der Waals surface area contributed by atoms with Crippen LogP contribution in [0.4, 0.5) is 9.18 Å². The first-order chi connectivity index (χ1) is 14.0. The molecule has 1 aromatic carbocycles. The van der Waals surface area contributed by atoms with Gasteiger partial charge in [0.05, 0.1) is 12.7 Å². The van der Waals surface area contributed by atoms with E-state index in [-0.39, 0.29) is 24.8 Å². The zero-order chi connectivity index (χ0) is 22.5. The van der Waals surface area contributed by atoms with E-state index in [0.29, 0.717) is 11.1 Å². The van der Waals surface area contributed by atoms with Gasteiger partial charge < -0.3 is 19.9 Å². The van der Waals surface area contributed by atoms with Crippen molar-refractivity contribution in [3.8, 4) is 16.9 Å². The van der Waals surface area contributed by atoms with E-state index in [1.807, 2.05) is 0 Å². The topological polar surface area (TPSA) is 103 Å². The van der Waals surface area contributed by atoms with E-state index in [9.17, 15) is 19.1 Å². The van der Waals surface area contributed by atoms with Crippen molar-refractivity contribution in [2.75, 3.05) is 13.2 Å². The number of nitrogens with one attached hydrogen (secondary N) is 1. The van der Waals surface area contributed by atoms with Crippen LogP contribution in [0.2, 0.25) is 0 Å². The zero-order valence-corrected chi connectivity index (χ0v) is 17.8. The van der Waals surface area contributed by atoms with Crippen molar-refractivity contribution in [1.82, 2.24) is 15.1 Å². The smallest absolute Gasteiger partial charge is 0.407 e. The Morgan fingerprint density at radius 1 is 1.23 bits per heavy atom. The van der Waals surface area contributed by atoms with Crippen LogP contribution in [-0.4, -0.2) is 45.7 Å². The van der Waals surface area contributed by atoms with Gasteiger partial charge in [0.25, 0.3) is 0 Å². The van der Waals surface area contributed by atoms with Gasteiger partial charge in [0, 0.05) is 17.8 Å². The second-order valence-electron chi connectivity index (χ2n) is 8.19. The van der Waals surface area contributed by atoms with E-state index in [1.54, 1.807) is 46.9 Å². The molecular formula is C21H28FN3O5. The molecule has 8 nitrogen and oxygen atoms in total. The molecule has 0 saturated carbocycles. The van der Waals surface area contributed by atoms with Crippen molar-refractivity contribution in [2.45, 2.75) is 46.3 Å². The van der Waals surface area contributed by atoms with Crippen molar-refractivity contribution >= 4 is 12.1 Å². The second-order valence-corrected chi connectivity index (χ2v) is 8.19. The average molecular weight is 421 g/mol. The molecule has 0 aliphatic heterocycles. The van der Waals surface area contributed by atoms with Gasteiger partial charge in [-0.15, -0.1) is 0 Å². The minimum Gasteiger partial charge on any atom is -0.492 e. The standard InChI is InChI=1S/C21H28FN3O5/c1-13(2)18(19(26)27)25-12-15(11-24-25)14-8-16(22)10-17(9-14)29-7-6-23-20(28)30-21(3,4)5/h8-13,18H,6-7H2,1-5H3,(H,23,28)(H,26,27). The molecule has 2 N–H and O–H groups in total. The Bertz CT molecular complexity index is 889. The lowest BCUT2D eigenvalue weighted by atomic mass is 10.0. The number of nitrogens with zero attached hydrogens (tertiary/aromatic N) is 2. The summed E-state index contributed by atoms with van der Waals surface area (Å²) in [5.74, 6) is -1.38. The third-order valence-corrected chi connectivity index (χ3v) is 4.01. The molecule has 1 aromatic heterocycles. The average Bonchev–Trinajstić information content (AvgIpc) is 3.05. The molecule has 1 unspecified atom stereocenters. The lowest BCUT2D eigenvalue weighted by molar-refractivity contribution is -0.142. The summed E-state index contributed by atoms with van der Waals surface area (Å²) >= 11 is 0. The first-order valence-electron chi connectivity index (χ1n) is 9.64. The minimum absolute atomic E-state index is 0.121. The Hall–Kier alpha value is -3.10. The molecule has 0 spiro atoms. The first kappa shape index (κ1) is 23.2. The van der Waals surface area contributed by atoms with E-state index >= 15 is 0 Å². The number of ether oxygens (including phenoxy) is 2. The fourth-order valence-corrected chi connectivity index (χ4v) is 2.79. The molecular weight excluding hydrogens is 393 g/mol. The van der Waals surface area contributed by atoms with Gasteiger partial charge in [-0.05, 0) is 44.4 Å². The maximum atomic E-state index is 14.1. The Kier molecular flexibility index (Phi) is 7.42. The van der Waals surface area contributed by atoms with Crippen molar-refractivity contribution < 1.29 is 28.6 Å². The molecule has 1 amide bonds. The molecule has 1 atom stereocenters. The number of rotatable bonds is 8. The number of carboxylic acid groups (broad SMARTS) is 1. The summed E-state index contributed by atoms with van der Waals surface area (Å²) in [5, 5.41) is 16.1. The molecule has 0 saturated heterocycles. The number of alkyl carbamates (subject to hydrolysis) is 1. The number of amides is 1. The minimum atomic E-state index is -0.986. The number of hydrogen-bond donors (Lipinski definition) is 2. The van der Waals surface area contributed by atoms with Gasteiger partial charge >= 0.3 is 12.1 Å². The molecule has 0 bridgehead atoms. The van der Waals surface area contributed by atoms with Gasteiger partial charge in [-0.1, -0.05) is 13.8 Å². The van der Waals surface area contributed by atoms with Crippen LogP contribution in [0, 0.1) is 11.7 Å². The third kappa shape index (κ3) is 6.75. The molecule has 0 fully saturated rings. The number of carbonyl (C=O) groups excluding carboxylic acids is 1. The van der Waals surface area contributed by atoms with Gasteiger partial charge in [-0.2, -0.15) is 5.10 Å². The monoisotopic (exact) mass is 421 g/mol. The first-order valence-corrected chi connectivity index (χ1v) is 9.64. The van der Waals surface area contributed by atoms with E-state index < -0.39 is 29.5 Å². The van der Waals surface area contributed by atoms with Crippen LogP contribution in [-0.2, 0) is 9.53 Å². The predicted octanol–water partition coefficient (Wildman–Crippen LogP) is 3.87. The van der Waals surface area contributed by atoms with Crippen LogP contribution in [0.3, 0.4) is 0 Å². The van der Waals surface area contributed by atoms with Crippen LogP contribution >= 0.6 is 0 Å². The van der Waals surface area contributed by atoms with E-state index in [0.717, 1.165) is 0 Å². The molecule has 0 radical (unpaired) electrons. The lowest BCUT2D eigenvalue weighted by Gasteiger charge is -2.19. The number of hydrogen-bond acceptors (Lipinski definition) is 5. The van der Waals surface area contributed by atoms with Crippen LogP contribution in [0.5, 0.6) is 5.75 Å². The normalized spacial score (nSPS) is 12.5. The largest absolute Gasteiger partial charge is 0.492 e. The summed E-state index contributed by atoms with van der Waals surface area (Å²) in [5.41, 5.74) is 0.476. The summed E-state index contributed by atoms with van der Waals surface area (Å²) in [6.07, 6.45) is 2.50. The number of aromatic nitrogens is 2. The van der Waals surface area contributed by atoms with Gasteiger partial charge in [-0.25, -0.2) is 14.0 Å². The number of halogens is 1. The number of benzene rings is 1. The van der Waals surface area contributed by atoms with Crippen molar-refractivity contribution in [3.05, 3.63) is 36.4 Å². The van der Waals surface area contributed by atoms with Crippen LogP contribution in [0.1, 0.15) is 40.7 Å². The molecule has 164 valence electrons. The quantitative estimate of drug-likeness (QED) is 0.627. The molecule has 0 aliphatic carbocycles. The molecule has 30 heavy (non-hydrogen) atoms. The summed E-state index contributed by atoms with van der Waals surface area (Å²) in [6, 6.07) is 3.36. The fraction of sp³-hybridized carbons (Fsp3) is 0.476. The van der Waals surface area contributed by atoms with Crippen LogP contribution in [0.15, 0.2) is 30.6 Å². The SMILES string of the molecule is CC(C)C(C(=O)O)n1cc(-c2cc(F)cc(OCCNC(=O)OC(C)(C)C)c2)cn1. The van der Waals surface area contributed by atoms with Gasteiger partial charge in [0.15, 0.2) is 6.04 Å². The highest BCUT2D eigenvalue weighted by atomic mass is 19.1. The summed E-state index contributed by atoms with van der Waals surface area (Å²) in [6.45, 7) is 9.18. The Labute approximate surface area is 175 Å². The molecule has 9 heteroatoms. The molecule has 2 rings (SSSR count). The van der Waals surface area contributed by atoms with Gasteiger partial charge in [0.2, 0.25) is 0 Å². The van der Waals surface area contributed by atoms with Crippen LogP contribution < -0.4 is 10.1 Å². The van der Waals surface area contributed by atoms with Gasteiger partial charge in [0.1, 0.15) is 23.8 Å². The van der Waals surface area contributed by atoms with Gasteiger partial charge in [-0.3, -0.25) is 4.68 Å². The number of carbonyl (C=O) groups is 2. The summed E-state index contributed by atoms with van der Waals surface area (Å²) < 4.78 is 26.1. The highest BCUT2D eigenvalue weighted by Crippen LogP contribution is 2.27. The Balaban J connectivity index is 2.04. The maximum absolute atomic E-state index is 14.1. The molecule has 1 heterocycles. The van der Waals surface area contributed by atoms with Crippen molar-refractivity contribution in [1.29, 1.82) is 0 Å². The van der Waals surface area contributed by atoms with Crippen molar-refractivity contribution in [2.24, 2.45) is 5.92 Å². The molecule has 0 aliphatic rings. The summed E-state index contributed by atoms with van der Waals surface area (Å²) in [4.78, 5) is 23.1. The Morgan fingerprint density at radius 2 is 1.93 bits per heavy atom. The number of carboxylic acids is 1. The highest BCUT2D eigenvalue weighted by molar-refractivity contribution is 5.72. The highest BCUT2D eigenvalue weighted by Gasteiger charge is 2.24. The van der Waals surface area contributed by atoms with E-state index in [1.165, 1.54) is 23.0 Å². The van der Waals surface area contributed by atoms with Crippen molar-refractivity contribution in [3.63, 3.8) is 0 Å². The predicted molar refractivity (Wildman–Crippen MR) is 109 cm³/mol. The summed E-state index contributed by atoms with van der Waals surface area (Å²) in [7, 11) is 0. The third-order valence-electron chi connectivity index (χ3n) is 4.01. The molecule has 2 aromatic rings. The van der Waals surface area contributed by atoms with E-state index in [4.69, 9.17) is 9.47 Å². The number of aliphatic carboxylic acids is 1. The maximum Gasteiger partial charge on any atom is 0.407 e. The Morgan fingerprint density at radius 3 is 2.53 bits per heavy atom. The zero-order valence-electron chi connectivity index (χ0n) is 17.8.